The molecule has 0 aliphatic rings. The lowest BCUT2D eigenvalue weighted by Crippen LogP contribution is -2.37. The third-order valence-electron chi connectivity index (χ3n) is 3.31. The molecule has 0 unspecified atom stereocenters. The maximum absolute atomic E-state index is 12.0. The summed E-state index contributed by atoms with van der Waals surface area (Å²) in [4.78, 5) is 12.0. The molecule has 0 saturated heterocycles. The van der Waals surface area contributed by atoms with Crippen LogP contribution < -0.4 is 11.1 Å². The van der Waals surface area contributed by atoms with Crippen molar-refractivity contribution >= 4 is 21.8 Å². The fourth-order valence-electron chi connectivity index (χ4n) is 2.00. The minimum absolute atomic E-state index is 0.0378. The van der Waals surface area contributed by atoms with Gasteiger partial charge in [0.15, 0.2) is 0 Å². The maximum atomic E-state index is 12.0. The van der Waals surface area contributed by atoms with Crippen LogP contribution in [0.5, 0.6) is 0 Å². The summed E-state index contributed by atoms with van der Waals surface area (Å²) < 4.78 is 2.85. The first-order valence-corrected chi connectivity index (χ1v) is 7.56. The molecule has 6 heteroatoms. The van der Waals surface area contributed by atoms with Crippen molar-refractivity contribution in [1.29, 1.82) is 0 Å². The van der Waals surface area contributed by atoms with Gasteiger partial charge in [-0.05, 0) is 61.0 Å². The van der Waals surface area contributed by atoms with Crippen molar-refractivity contribution in [3.8, 4) is 5.69 Å². The molecule has 0 saturated carbocycles. The van der Waals surface area contributed by atoms with Gasteiger partial charge in [0.1, 0.15) is 0 Å². The monoisotopic (exact) mass is 350 g/mol. The first kappa shape index (κ1) is 15.7. The molecule has 21 heavy (non-hydrogen) atoms. The van der Waals surface area contributed by atoms with Crippen LogP contribution in [0.3, 0.4) is 0 Å². The van der Waals surface area contributed by atoms with Gasteiger partial charge >= 0.3 is 0 Å². The summed E-state index contributed by atoms with van der Waals surface area (Å²) in [5, 5.41) is 7.30. The summed E-state index contributed by atoms with van der Waals surface area (Å²) in [6, 6.07) is 7.31. The van der Waals surface area contributed by atoms with Crippen LogP contribution in [-0.2, 0) is 0 Å². The van der Waals surface area contributed by atoms with E-state index in [9.17, 15) is 4.79 Å². The van der Waals surface area contributed by atoms with Crippen molar-refractivity contribution in [2.45, 2.75) is 26.8 Å². The number of aromatic nitrogens is 2. The molecule has 112 valence electrons. The van der Waals surface area contributed by atoms with Crippen molar-refractivity contribution in [3.63, 3.8) is 0 Å². The van der Waals surface area contributed by atoms with Gasteiger partial charge in [0.2, 0.25) is 0 Å². The first-order valence-electron chi connectivity index (χ1n) is 6.77. The quantitative estimate of drug-likeness (QED) is 0.888. The summed E-state index contributed by atoms with van der Waals surface area (Å²) in [6.45, 7) is 6.24. The summed E-state index contributed by atoms with van der Waals surface area (Å²) in [5.74, 6) is -0.117. The molecular formula is C15H19BrN4O. The van der Waals surface area contributed by atoms with Crippen molar-refractivity contribution in [3.05, 3.63) is 45.7 Å². The number of hydrogen-bond donors (Lipinski definition) is 2. The van der Waals surface area contributed by atoms with Gasteiger partial charge in [-0.1, -0.05) is 0 Å². The van der Waals surface area contributed by atoms with Gasteiger partial charge in [-0.2, -0.15) is 5.10 Å². The topological polar surface area (TPSA) is 72.9 Å². The Morgan fingerprint density at radius 2 is 2.00 bits per heavy atom. The second-order valence-electron chi connectivity index (χ2n) is 5.05. The molecule has 3 N–H and O–H groups in total. The van der Waals surface area contributed by atoms with Gasteiger partial charge in [0.25, 0.3) is 5.91 Å². The Bertz CT molecular complexity index is 648. The van der Waals surface area contributed by atoms with E-state index in [4.69, 9.17) is 5.73 Å². The summed E-state index contributed by atoms with van der Waals surface area (Å²) >= 11 is 3.51. The van der Waals surface area contributed by atoms with E-state index >= 15 is 0 Å². The number of rotatable bonds is 4. The molecule has 1 aromatic carbocycles. The van der Waals surface area contributed by atoms with E-state index in [1.165, 1.54) is 0 Å². The number of halogens is 1. The highest BCUT2D eigenvalue weighted by Crippen LogP contribution is 2.23. The molecule has 1 amide bonds. The number of nitrogens with one attached hydrogen (secondary N) is 1. The molecule has 0 bridgehead atoms. The highest BCUT2D eigenvalue weighted by Gasteiger charge is 2.12. The molecule has 0 aliphatic heterocycles. The van der Waals surface area contributed by atoms with Crippen LogP contribution in [0.25, 0.3) is 5.69 Å². The fourth-order valence-corrected chi connectivity index (χ4v) is 2.24. The molecule has 0 fully saturated rings. The van der Waals surface area contributed by atoms with Gasteiger partial charge in [-0.25, -0.2) is 4.68 Å². The molecular weight excluding hydrogens is 332 g/mol. The average molecular weight is 351 g/mol. The molecule has 1 heterocycles. The van der Waals surface area contributed by atoms with E-state index in [0.717, 1.165) is 21.5 Å². The third kappa shape index (κ3) is 3.33. The van der Waals surface area contributed by atoms with Crippen LogP contribution in [0.4, 0.5) is 0 Å². The van der Waals surface area contributed by atoms with Gasteiger partial charge in [0.05, 0.1) is 21.5 Å². The second-order valence-corrected chi connectivity index (χ2v) is 5.85. The number of hydrogen-bond acceptors (Lipinski definition) is 3. The predicted molar refractivity (Wildman–Crippen MR) is 86.7 cm³/mol. The van der Waals surface area contributed by atoms with E-state index in [-0.39, 0.29) is 11.9 Å². The zero-order valence-corrected chi connectivity index (χ0v) is 13.9. The standard InChI is InChI=1S/C15H19BrN4O/c1-9(8-17)18-15(21)12-4-6-13(7-5-12)20-11(3)14(16)10(2)19-20/h4-7,9H,8,17H2,1-3H3,(H,18,21)/t9-/m0/s1. The zero-order valence-electron chi connectivity index (χ0n) is 12.4. The Hall–Kier alpha value is -1.66. The molecule has 0 radical (unpaired) electrons. The normalized spacial score (nSPS) is 12.2. The largest absolute Gasteiger partial charge is 0.348 e. The average Bonchev–Trinajstić information content (AvgIpc) is 2.75. The van der Waals surface area contributed by atoms with Crippen LogP contribution >= 0.6 is 15.9 Å². The van der Waals surface area contributed by atoms with Crippen molar-refractivity contribution in [2.24, 2.45) is 5.73 Å². The van der Waals surface area contributed by atoms with Crippen LogP contribution in [-0.4, -0.2) is 28.3 Å². The second kappa shape index (κ2) is 6.41. The van der Waals surface area contributed by atoms with E-state index in [1.54, 1.807) is 12.1 Å². The Morgan fingerprint density at radius 1 is 1.38 bits per heavy atom. The van der Waals surface area contributed by atoms with Gasteiger partial charge in [-0.3, -0.25) is 4.79 Å². The number of nitrogens with two attached hydrogens (primary N) is 1. The molecule has 0 aliphatic carbocycles. The molecule has 0 spiro atoms. The number of amides is 1. The molecule has 2 rings (SSSR count). The molecule has 5 nitrogen and oxygen atoms in total. The summed E-state index contributed by atoms with van der Waals surface area (Å²) in [6.07, 6.45) is 0. The molecule has 1 aromatic heterocycles. The minimum atomic E-state index is -0.117. The lowest BCUT2D eigenvalue weighted by molar-refractivity contribution is 0.0941. The third-order valence-corrected chi connectivity index (χ3v) is 4.46. The van der Waals surface area contributed by atoms with E-state index in [0.29, 0.717) is 12.1 Å². The SMILES string of the molecule is Cc1nn(-c2ccc(C(=O)N[C@@H](C)CN)cc2)c(C)c1Br. The number of nitrogens with zero attached hydrogens (tertiary/aromatic N) is 2. The summed E-state index contributed by atoms with van der Waals surface area (Å²) in [5.41, 5.74) is 9.00. The van der Waals surface area contributed by atoms with Crippen LogP contribution in [0.1, 0.15) is 28.7 Å². The highest BCUT2D eigenvalue weighted by molar-refractivity contribution is 9.10. The van der Waals surface area contributed by atoms with Gasteiger partial charge in [0, 0.05) is 18.2 Å². The van der Waals surface area contributed by atoms with Gasteiger partial charge < -0.3 is 11.1 Å². The Morgan fingerprint density at radius 3 is 2.48 bits per heavy atom. The van der Waals surface area contributed by atoms with Crippen molar-refractivity contribution in [2.75, 3.05) is 6.54 Å². The Kier molecular flexibility index (Phi) is 4.80. The lowest BCUT2D eigenvalue weighted by Gasteiger charge is -2.11. The van der Waals surface area contributed by atoms with Crippen LogP contribution in [0, 0.1) is 13.8 Å². The smallest absolute Gasteiger partial charge is 0.251 e. The molecule has 1 atom stereocenters. The van der Waals surface area contributed by atoms with Crippen molar-refractivity contribution in [1.82, 2.24) is 15.1 Å². The number of aryl methyl sites for hydroxylation is 1. The minimum Gasteiger partial charge on any atom is -0.348 e. The summed E-state index contributed by atoms with van der Waals surface area (Å²) in [7, 11) is 0. The number of carbonyl (C=O) groups excluding carboxylic acids is 1. The Balaban J connectivity index is 2.23. The highest BCUT2D eigenvalue weighted by atomic mass is 79.9. The van der Waals surface area contributed by atoms with Gasteiger partial charge in [-0.15, -0.1) is 0 Å². The zero-order chi connectivity index (χ0) is 15.6. The maximum Gasteiger partial charge on any atom is 0.251 e. The fraction of sp³-hybridized carbons (Fsp3) is 0.333. The Labute approximate surface area is 132 Å². The predicted octanol–water partition coefficient (Wildman–Crippen LogP) is 2.33. The molecule has 2 aromatic rings. The van der Waals surface area contributed by atoms with Crippen molar-refractivity contribution < 1.29 is 4.79 Å². The number of benzene rings is 1. The first-order chi connectivity index (χ1) is 9.93. The lowest BCUT2D eigenvalue weighted by atomic mass is 10.2. The van der Waals surface area contributed by atoms with Crippen LogP contribution in [0.15, 0.2) is 28.7 Å². The van der Waals surface area contributed by atoms with E-state index < -0.39 is 0 Å². The van der Waals surface area contributed by atoms with E-state index in [2.05, 4.69) is 26.3 Å². The van der Waals surface area contributed by atoms with E-state index in [1.807, 2.05) is 37.6 Å². The van der Waals surface area contributed by atoms with Crippen LogP contribution in [0.2, 0.25) is 0 Å². The number of carbonyl (C=O) groups is 1.